The Hall–Kier alpha value is -3.07. The summed E-state index contributed by atoms with van der Waals surface area (Å²) in [6, 6.07) is 7.24. The second kappa shape index (κ2) is 7.98. The van der Waals surface area contributed by atoms with Gasteiger partial charge in [0.25, 0.3) is 16.8 Å². The van der Waals surface area contributed by atoms with E-state index in [-0.39, 0.29) is 15.8 Å². The number of rotatable bonds is 4. The standard InChI is InChI=1S/C21H22N4O4S/c1-13-10-15(11-19-20(26)22-21(27)30-19)14(2)24(13)16-6-7-17(18(12-16)25(28)29)23-8-4-3-5-9-23/h6-7,10-12H,3-5,8-9H2,1-2H3,(H,22,26,27)/b19-11-. The van der Waals surface area contributed by atoms with Gasteiger partial charge in [0.15, 0.2) is 0 Å². The lowest BCUT2D eigenvalue weighted by Crippen LogP contribution is -2.30. The molecule has 0 unspecified atom stereocenters. The van der Waals surface area contributed by atoms with Gasteiger partial charge in [-0.1, -0.05) is 0 Å². The zero-order chi connectivity index (χ0) is 21.4. The van der Waals surface area contributed by atoms with Gasteiger partial charge in [0.2, 0.25) is 0 Å². The number of nitro benzene ring substituents is 1. The highest BCUT2D eigenvalue weighted by atomic mass is 32.2. The molecule has 2 aliphatic heterocycles. The summed E-state index contributed by atoms with van der Waals surface area (Å²) in [4.78, 5) is 37.2. The third-order valence-corrected chi connectivity index (χ3v) is 6.32. The second-order valence-electron chi connectivity index (χ2n) is 7.49. The molecule has 1 aromatic heterocycles. The summed E-state index contributed by atoms with van der Waals surface area (Å²) in [7, 11) is 0. The highest BCUT2D eigenvalue weighted by molar-refractivity contribution is 8.18. The Labute approximate surface area is 178 Å². The predicted octanol–water partition coefficient (Wildman–Crippen LogP) is 4.32. The summed E-state index contributed by atoms with van der Waals surface area (Å²) in [6.07, 6.45) is 4.92. The summed E-state index contributed by atoms with van der Waals surface area (Å²) >= 11 is 0.870. The van der Waals surface area contributed by atoms with Crippen molar-refractivity contribution in [3.05, 3.63) is 56.2 Å². The van der Waals surface area contributed by atoms with Crippen molar-refractivity contribution in [1.29, 1.82) is 0 Å². The van der Waals surface area contributed by atoms with Crippen LogP contribution in [-0.4, -0.2) is 33.7 Å². The highest BCUT2D eigenvalue weighted by Crippen LogP contribution is 2.34. The molecule has 0 bridgehead atoms. The number of hydrogen-bond acceptors (Lipinski definition) is 6. The van der Waals surface area contributed by atoms with Crippen molar-refractivity contribution >= 4 is 40.4 Å². The summed E-state index contributed by atoms with van der Waals surface area (Å²) < 4.78 is 1.93. The number of benzene rings is 1. The van der Waals surface area contributed by atoms with Crippen LogP contribution in [0.25, 0.3) is 11.8 Å². The molecule has 8 nitrogen and oxygen atoms in total. The SMILES string of the molecule is Cc1cc(/C=C2\SC(=O)NC2=O)c(C)n1-c1ccc(N2CCCCC2)c([N+](=O)[O-])c1. The van der Waals surface area contributed by atoms with E-state index in [4.69, 9.17) is 0 Å². The number of thioether (sulfide) groups is 1. The number of carbonyl (C=O) groups excluding carboxylic acids is 2. The molecule has 0 spiro atoms. The fourth-order valence-corrected chi connectivity index (χ4v) is 4.77. The van der Waals surface area contributed by atoms with Crippen LogP contribution < -0.4 is 10.2 Å². The minimum absolute atomic E-state index is 0.0955. The van der Waals surface area contributed by atoms with Crippen LogP contribution in [0.4, 0.5) is 16.2 Å². The van der Waals surface area contributed by atoms with Gasteiger partial charge in [0.05, 0.1) is 15.5 Å². The number of aromatic nitrogens is 1. The smallest absolute Gasteiger partial charge is 0.294 e. The van der Waals surface area contributed by atoms with E-state index in [2.05, 4.69) is 10.2 Å². The van der Waals surface area contributed by atoms with E-state index in [0.29, 0.717) is 16.3 Å². The maximum Gasteiger partial charge on any atom is 0.294 e. The lowest BCUT2D eigenvalue weighted by Gasteiger charge is -2.28. The Kier molecular flexibility index (Phi) is 5.38. The Morgan fingerprint density at radius 2 is 1.87 bits per heavy atom. The van der Waals surface area contributed by atoms with Crippen molar-refractivity contribution in [3.63, 3.8) is 0 Å². The molecular weight excluding hydrogens is 404 g/mol. The van der Waals surface area contributed by atoms with Gasteiger partial charge in [-0.2, -0.15) is 0 Å². The molecule has 1 aromatic carbocycles. The van der Waals surface area contributed by atoms with E-state index < -0.39 is 5.91 Å². The number of aryl methyl sites for hydroxylation is 1. The first-order chi connectivity index (χ1) is 14.3. The number of piperidine rings is 1. The lowest BCUT2D eigenvalue weighted by molar-refractivity contribution is -0.384. The van der Waals surface area contributed by atoms with Crippen molar-refractivity contribution in [3.8, 4) is 5.69 Å². The van der Waals surface area contributed by atoms with Crippen LogP contribution in [0.2, 0.25) is 0 Å². The fraction of sp³-hybridized carbons (Fsp3) is 0.333. The van der Waals surface area contributed by atoms with Crippen LogP contribution in [0.3, 0.4) is 0 Å². The number of amides is 2. The number of imide groups is 1. The summed E-state index contributed by atoms with van der Waals surface area (Å²) in [5.74, 6) is -0.406. The van der Waals surface area contributed by atoms with Crippen LogP contribution in [0.15, 0.2) is 29.2 Å². The Balaban J connectivity index is 1.74. The molecule has 2 aromatic rings. The Morgan fingerprint density at radius 3 is 2.50 bits per heavy atom. The topological polar surface area (TPSA) is 97.5 Å². The van der Waals surface area contributed by atoms with E-state index in [9.17, 15) is 19.7 Å². The first-order valence-corrected chi connectivity index (χ1v) is 10.6. The van der Waals surface area contributed by atoms with Crippen molar-refractivity contribution in [1.82, 2.24) is 9.88 Å². The van der Waals surface area contributed by atoms with Crippen LogP contribution in [0, 0.1) is 24.0 Å². The zero-order valence-electron chi connectivity index (χ0n) is 16.8. The van der Waals surface area contributed by atoms with E-state index in [0.717, 1.165) is 61.1 Å². The zero-order valence-corrected chi connectivity index (χ0v) is 17.6. The normalized spacial score (nSPS) is 18.2. The van der Waals surface area contributed by atoms with Gasteiger partial charge >= 0.3 is 0 Å². The molecule has 4 rings (SSSR count). The van der Waals surface area contributed by atoms with Gasteiger partial charge in [-0.25, -0.2) is 0 Å². The molecular formula is C21H22N4O4S. The maximum atomic E-state index is 11.9. The quantitative estimate of drug-likeness (QED) is 0.444. The molecule has 30 heavy (non-hydrogen) atoms. The molecule has 0 atom stereocenters. The largest absolute Gasteiger partial charge is 0.366 e. The number of carbonyl (C=O) groups is 2. The molecule has 1 N–H and O–H groups in total. The number of nitrogens with zero attached hydrogens (tertiary/aromatic N) is 3. The van der Waals surface area contributed by atoms with E-state index in [1.165, 1.54) is 0 Å². The predicted molar refractivity (Wildman–Crippen MR) is 117 cm³/mol. The van der Waals surface area contributed by atoms with Crippen LogP contribution in [0.1, 0.15) is 36.2 Å². The van der Waals surface area contributed by atoms with Gasteiger partial charge in [-0.3, -0.25) is 25.0 Å². The first kappa shape index (κ1) is 20.2. The molecule has 9 heteroatoms. The second-order valence-corrected chi connectivity index (χ2v) is 8.51. The Morgan fingerprint density at radius 1 is 1.13 bits per heavy atom. The molecule has 2 aliphatic rings. The molecule has 0 saturated carbocycles. The number of nitro groups is 1. The van der Waals surface area contributed by atoms with Crippen LogP contribution in [-0.2, 0) is 4.79 Å². The number of hydrogen-bond donors (Lipinski definition) is 1. The molecule has 2 fully saturated rings. The third-order valence-electron chi connectivity index (χ3n) is 5.51. The number of nitrogens with one attached hydrogen (secondary N) is 1. The molecule has 2 amide bonds. The van der Waals surface area contributed by atoms with Gasteiger partial charge in [-0.05, 0) is 74.7 Å². The third kappa shape index (κ3) is 3.72. The molecule has 2 saturated heterocycles. The van der Waals surface area contributed by atoms with E-state index in [1.807, 2.05) is 36.6 Å². The van der Waals surface area contributed by atoms with Crippen LogP contribution in [0.5, 0.6) is 0 Å². The van der Waals surface area contributed by atoms with Crippen LogP contribution >= 0.6 is 11.8 Å². The maximum absolute atomic E-state index is 11.9. The highest BCUT2D eigenvalue weighted by Gasteiger charge is 2.26. The summed E-state index contributed by atoms with van der Waals surface area (Å²) in [6.45, 7) is 5.46. The van der Waals surface area contributed by atoms with Gasteiger partial charge in [0, 0.05) is 30.5 Å². The van der Waals surface area contributed by atoms with Crippen molar-refractivity contribution in [2.75, 3.05) is 18.0 Å². The average molecular weight is 426 g/mol. The number of anilines is 1. The molecule has 0 aliphatic carbocycles. The molecule has 156 valence electrons. The minimum Gasteiger partial charge on any atom is -0.366 e. The van der Waals surface area contributed by atoms with Crippen molar-refractivity contribution < 1.29 is 14.5 Å². The lowest BCUT2D eigenvalue weighted by atomic mass is 10.1. The van der Waals surface area contributed by atoms with Crippen molar-refractivity contribution in [2.24, 2.45) is 0 Å². The van der Waals surface area contributed by atoms with Gasteiger partial charge < -0.3 is 9.47 Å². The van der Waals surface area contributed by atoms with Gasteiger partial charge in [-0.15, -0.1) is 0 Å². The molecule has 3 heterocycles. The van der Waals surface area contributed by atoms with E-state index in [1.54, 1.807) is 12.1 Å². The summed E-state index contributed by atoms with van der Waals surface area (Å²) in [5, 5.41) is 13.7. The summed E-state index contributed by atoms with van der Waals surface area (Å²) in [5.41, 5.74) is 3.97. The fourth-order valence-electron chi connectivity index (χ4n) is 4.09. The average Bonchev–Trinajstić information content (AvgIpc) is 3.19. The van der Waals surface area contributed by atoms with E-state index >= 15 is 0 Å². The molecule has 0 radical (unpaired) electrons. The van der Waals surface area contributed by atoms with Crippen molar-refractivity contribution in [2.45, 2.75) is 33.1 Å². The van der Waals surface area contributed by atoms with Gasteiger partial charge in [0.1, 0.15) is 5.69 Å². The minimum atomic E-state index is -0.406. The monoisotopic (exact) mass is 426 g/mol. The first-order valence-electron chi connectivity index (χ1n) is 9.82. The Bertz CT molecular complexity index is 1080.